The van der Waals surface area contributed by atoms with Crippen molar-refractivity contribution in [2.45, 2.75) is 75.8 Å². The number of fused-ring (bicyclic) bond motifs is 1. The molecule has 1 atom stereocenters. The van der Waals surface area contributed by atoms with Crippen molar-refractivity contribution in [3.05, 3.63) is 48.0 Å². The Kier molecular flexibility index (Phi) is 8.86. The van der Waals surface area contributed by atoms with Crippen LogP contribution in [0.2, 0.25) is 0 Å². The number of rotatable bonds is 10. The zero-order chi connectivity index (χ0) is 27.4. The number of amides is 1. The Morgan fingerprint density at radius 1 is 1.05 bits per heavy atom. The zero-order valence-electron chi connectivity index (χ0n) is 22.7. The van der Waals surface area contributed by atoms with Crippen molar-refractivity contribution in [3.63, 3.8) is 0 Å². The van der Waals surface area contributed by atoms with Gasteiger partial charge in [-0.05, 0) is 69.0 Å². The van der Waals surface area contributed by atoms with Crippen LogP contribution in [0.3, 0.4) is 0 Å². The lowest BCUT2D eigenvalue weighted by Crippen LogP contribution is -2.41. The molecule has 1 saturated heterocycles. The van der Waals surface area contributed by atoms with Crippen LogP contribution in [0.15, 0.2) is 47.4 Å². The SMILES string of the molecule is CCOc1cccc2sc(N(CC3CCCO3)C(=O)c3ccc(S(=O)(=O)N(CC)C4CCCCC4)cc3)nc12. The van der Waals surface area contributed by atoms with Crippen molar-refractivity contribution >= 4 is 42.6 Å². The maximum Gasteiger partial charge on any atom is 0.260 e. The number of carbonyl (C=O) groups excluding carboxylic acids is 1. The number of sulfonamides is 1. The van der Waals surface area contributed by atoms with E-state index in [-0.39, 0.29) is 22.9 Å². The summed E-state index contributed by atoms with van der Waals surface area (Å²) in [6.45, 7) is 5.84. The molecule has 1 unspecified atom stereocenters. The number of thiazole rings is 1. The molecule has 0 N–H and O–H groups in total. The van der Waals surface area contributed by atoms with Gasteiger partial charge in [-0.15, -0.1) is 0 Å². The lowest BCUT2D eigenvalue weighted by molar-refractivity contribution is 0.0917. The predicted octanol–water partition coefficient (Wildman–Crippen LogP) is 5.86. The Balaban J connectivity index is 1.43. The number of benzene rings is 2. The van der Waals surface area contributed by atoms with Crippen LogP contribution in [0, 0.1) is 0 Å². The summed E-state index contributed by atoms with van der Waals surface area (Å²) in [5, 5.41) is 0.573. The minimum atomic E-state index is -3.65. The summed E-state index contributed by atoms with van der Waals surface area (Å²) in [5.74, 6) is 0.459. The van der Waals surface area contributed by atoms with Crippen molar-refractivity contribution in [2.75, 3.05) is 31.2 Å². The number of aromatic nitrogens is 1. The molecule has 0 bridgehead atoms. The first-order chi connectivity index (χ1) is 18.9. The van der Waals surface area contributed by atoms with Gasteiger partial charge in [-0.25, -0.2) is 13.4 Å². The highest BCUT2D eigenvalue weighted by Crippen LogP contribution is 2.36. The maximum absolute atomic E-state index is 13.9. The van der Waals surface area contributed by atoms with Gasteiger partial charge in [-0.2, -0.15) is 4.31 Å². The number of nitrogens with zero attached hydrogens (tertiary/aromatic N) is 3. The van der Waals surface area contributed by atoms with Crippen molar-refractivity contribution in [1.29, 1.82) is 0 Å². The molecule has 1 aliphatic heterocycles. The first-order valence-electron chi connectivity index (χ1n) is 14.0. The lowest BCUT2D eigenvalue weighted by atomic mass is 9.95. The van der Waals surface area contributed by atoms with Crippen molar-refractivity contribution in [1.82, 2.24) is 9.29 Å². The topological polar surface area (TPSA) is 89.0 Å². The van der Waals surface area contributed by atoms with E-state index in [1.54, 1.807) is 33.5 Å². The van der Waals surface area contributed by atoms with Crippen molar-refractivity contribution in [2.24, 2.45) is 0 Å². The molecule has 0 radical (unpaired) electrons. The number of hydrogen-bond acceptors (Lipinski definition) is 7. The molecular weight excluding hydrogens is 534 g/mol. The third-order valence-corrected chi connectivity index (χ3v) is 10.6. The van der Waals surface area contributed by atoms with Gasteiger partial charge in [-0.3, -0.25) is 9.69 Å². The van der Waals surface area contributed by atoms with E-state index in [1.807, 2.05) is 32.0 Å². The average Bonchev–Trinajstić information content (AvgIpc) is 3.63. The first-order valence-corrected chi connectivity index (χ1v) is 16.3. The molecular formula is C29H37N3O5S2. The average molecular weight is 572 g/mol. The molecule has 8 nitrogen and oxygen atoms in total. The highest BCUT2D eigenvalue weighted by atomic mass is 32.2. The summed E-state index contributed by atoms with van der Waals surface area (Å²) < 4.78 is 41.2. The second kappa shape index (κ2) is 12.3. The van der Waals surface area contributed by atoms with E-state index in [0.29, 0.717) is 42.7 Å². The second-order valence-corrected chi connectivity index (χ2v) is 13.0. The molecule has 2 heterocycles. The fourth-order valence-corrected chi connectivity index (χ4v) is 8.28. The van der Waals surface area contributed by atoms with Gasteiger partial charge in [0.15, 0.2) is 5.13 Å². The fraction of sp³-hybridized carbons (Fsp3) is 0.517. The second-order valence-electron chi connectivity index (χ2n) is 10.1. The number of ether oxygens (including phenoxy) is 2. The van der Waals surface area contributed by atoms with Gasteiger partial charge in [0.2, 0.25) is 10.0 Å². The molecule has 1 saturated carbocycles. The van der Waals surface area contributed by atoms with Gasteiger partial charge in [0.25, 0.3) is 5.91 Å². The van der Waals surface area contributed by atoms with Crippen molar-refractivity contribution < 1.29 is 22.7 Å². The van der Waals surface area contributed by atoms with Gasteiger partial charge in [-0.1, -0.05) is 43.6 Å². The molecule has 210 valence electrons. The number of anilines is 1. The Hall–Kier alpha value is -2.53. The maximum atomic E-state index is 13.9. The lowest BCUT2D eigenvalue weighted by Gasteiger charge is -2.32. The normalized spacial score (nSPS) is 18.6. The van der Waals surface area contributed by atoms with E-state index in [2.05, 4.69) is 0 Å². The molecule has 3 aromatic rings. The Labute approximate surface area is 235 Å². The van der Waals surface area contributed by atoms with Crippen LogP contribution in [0.25, 0.3) is 10.2 Å². The highest BCUT2D eigenvalue weighted by Gasteiger charge is 2.32. The van der Waals surface area contributed by atoms with E-state index in [0.717, 1.165) is 55.2 Å². The summed E-state index contributed by atoms with van der Waals surface area (Å²) >= 11 is 1.44. The van der Waals surface area contributed by atoms with Gasteiger partial charge < -0.3 is 9.47 Å². The summed E-state index contributed by atoms with van der Waals surface area (Å²) in [7, 11) is -3.65. The molecule has 10 heteroatoms. The predicted molar refractivity (Wildman–Crippen MR) is 154 cm³/mol. The third kappa shape index (κ3) is 5.99. The summed E-state index contributed by atoms with van der Waals surface area (Å²) in [6, 6.07) is 12.2. The Morgan fingerprint density at radius 3 is 2.49 bits per heavy atom. The molecule has 2 aliphatic rings. The van der Waals surface area contributed by atoms with Crippen LogP contribution < -0.4 is 9.64 Å². The molecule has 1 aliphatic carbocycles. The zero-order valence-corrected chi connectivity index (χ0v) is 24.3. The number of carbonyl (C=O) groups is 1. The number of para-hydroxylation sites is 1. The van der Waals surface area contributed by atoms with E-state index < -0.39 is 10.0 Å². The van der Waals surface area contributed by atoms with Gasteiger partial charge in [0.05, 0.1) is 28.9 Å². The van der Waals surface area contributed by atoms with Crippen molar-refractivity contribution in [3.8, 4) is 5.75 Å². The van der Waals surface area contributed by atoms with E-state index in [9.17, 15) is 13.2 Å². The molecule has 2 aromatic carbocycles. The van der Waals surface area contributed by atoms with Crippen LogP contribution in [-0.2, 0) is 14.8 Å². The minimum absolute atomic E-state index is 0.0394. The van der Waals surface area contributed by atoms with E-state index >= 15 is 0 Å². The fourth-order valence-electron chi connectivity index (χ4n) is 5.59. The Bertz CT molecular complexity index is 1380. The monoisotopic (exact) mass is 571 g/mol. The molecule has 0 spiro atoms. The molecule has 1 amide bonds. The summed E-state index contributed by atoms with van der Waals surface area (Å²) in [6.07, 6.45) is 6.84. The summed E-state index contributed by atoms with van der Waals surface area (Å²) in [4.78, 5) is 20.6. The molecule has 1 aromatic heterocycles. The van der Waals surface area contributed by atoms with Gasteiger partial charge >= 0.3 is 0 Å². The van der Waals surface area contributed by atoms with Crippen LogP contribution >= 0.6 is 11.3 Å². The van der Waals surface area contributed by atoms with Gasteiger partial charge in [0, 0.05) is 24.8 Å². The standard InChI is InChI=1S/C29H37N3O5S2/c1-3-32(22-10-6-5-7-11-22)39(34,35)24-17-15-21(16-18-24)28(33)31(20-23-12-9-19-37-23)29-30-27-25(36-4-2)13-8-14-26(27)38-29/h8,13-18,22-23H,3-7,9-12,19-20H2,1-2H3. The van der Waals surface area contributed by atoms with Crippen LogP contribution in [0.1, 0.15) is 69.2 Å². The Morgan fingerprint density at radius 2 is 1.82 bits per heavy atom. The van der Waals surface area contributed by atoms with E-state index in [1.165, 1.54) is 11.3 Å². The van der Waals surface area contributed by atoms with Crippen LogP contribution in [0.5, 0.6) is 5.75 Å². The smallest absolute Gasteiger partial charge is 0.260 e. The first kappa shape index (κ1) is 28.0. The van der Waals surface area contributed by atoms with Crippen LogP contribution in [-0.4, -0.2) is 62.1 Å². The molecule has 39 heavy (non-hydrogen) atoms. The molecule has 2 fully saturated rings. The molecule has 5 rings (SSSR count). The van der Waals surface area contributed by atoms with Gasteiger partial charge in [0.1, 0.15) is 11.3 Å². The third-order valence-electron chi connectivity index (χ3n) is 7.56. The van der Waals surface area contributed by atoms with E-state index in [4.69, 9.17) is 14.5 Å². The largest absolute Gasteiger partial charge is 0.492 e. The quantitative estimate of drug-likeness (QED) is 0.303. The summed E-state index contributed by atoms with van der Waals surface area (Å²) in [5.41, 5.74) is 1.14. The minimum Gasteiger partial charge on any atom is -0.492 e. The number of hydrogen-bond donors (Lipinski definition) is 0. The highest BCUT2D eigenvalue weighted by molar-refractivity contribution is 7.89. The van der Waals surface area contributed by atoms with Crippen LogP contribution in [0.4, 0.5) is 5.13 Å².